The van der Waals surface area contributed by atoms with E-state index in [1.807, 2.05) is 19.1 Å². The van der Waals surface area contributed by atoms with E-state index >= 15 is 0 Å². The third-order valence-electron chi connectivity index (χ3n) is 2.66. The fourth-order valence-corrected chi connectivity index (χ4v) is 3.24. The first-order valence-corrected chi connectivity index (χ1v) is 7.46. The van der Waals surface area contributed by atoms with Gasteiger partial charge in [0.2, 0.25) is 0 Å². The SMILES string of the molecule is C=C(C)COCCNCc1sc2ccccc2c1Cl. The Morgan fingerprint density at radius 1 is 1.42 bits per heavy atom. The van der Waals surface area contributed by atoms with E-state index in [0.29, 0.717) is 13.2 Å². The van der Waals surface area contributed by atoms with Crippen molar-refractivity contribution in [1.82, 2.24) is 5.32 Å². The van der Waals surface area contributed by atoms with Gasteiger partial charge in [-0.15, -0.1) is 11.3 Å². The summed E-state index contributed by atoms with van der Waals surface area (Å²) < 4.78 is 6.67. The predicted molar refractivity (Wildman–Crippen MR) is 84.2 cm³/mol. The van der Waals surface area contributed by atoms with Gasteiger partial charge < -0.3 is 10.1 Å². The minimum atomic E-state index is 0.630. The van der Waals surface area contributed by atoms with Gasteiger partial charge in [-0.25, -0.2) is 0 Å². The van der Waals surface area contributed by atoms with Crippen LogP contribution >= 0.6 is 22.9 Å². The van der Waals surface area contributed by atoms with Crippen molar-refractivity contribution in [3.63, 3.8) is 0 Å². The quantitative estimate of drug-likeness (QED) is 0.609. The molecule has 0 aliphatic carbocycles. The van der Waals surface area contributed by atoms with Crippen LogP contribution in [0.1, 0.15) is 11.8 Å². The zero-order valence-corrected chi connectivity index (χ0v) is 12.6. The zero-order valence-electron chi connectivity index (χ0n) is 11.0. The second-order valence-electron chi connectivity index (χ2n) is 4.52. The molecule has 0 spiro atoms. The molecule has 19 heavy (non-hydrogen) atoms. The van der Waals surface area contributed by atoms with Crippen LogP contribution in [0.3, 0.4) is 0 Å². The van der Waals surface area contributed by atoms with Crippen LogP contribution in [0.15, 0.2) is 36.4 Å². The van der Waals surface area contributed by atoms with Crippen LogP contribution in [-0.2, 0) is 11.3 Å². The Bertz CT molecular complexity index is 564. The van der Waals surface area contributed by atoms with Crippen LogP contribution in [0, 0.1) is 0 Å². The van der Waals surface area contributed by atoms with E-state index in [1.54, 1.807) is 11.3 Å². The van der Waals surface area contributed by atoms with Gasteiger partial charge in [0.15, 0.2) is 0 Å². The Morgan fingerprint density at radius 3 is 2.95 bits per heavy atom. The van der Waals surface area contributed by atoms with Gasteiger partial charge in [0, 0.05) is 28.1 Å². The van der Waals surface area contributed by atoms with Crippen molar-refractivity contribution in [3.05, 3.63) is 46.3 Å². The summed E-state index contributed by atoms with van der Waals surface area (Å²) in [4.78, 5) is 1.18. The van der Waals surface area contributed by atoms with Crippen molar-refractivity contribution < 1.29 is 4.74 Å². The summed E-state index contributed by atoms with van der Waals surface area (Å²) in [5.41, 5.74) is 1.05. The smallest absolute Gasteiger partial charge is 0.0672 e. The number of hydrogen-bond donors (Lipinski definition) is 1. The molecular formula is C15H18ClNOS. The van der Waals surface area contributed by atoms with Crippen molar-refractivity contribution in [2.75, 3.05) is 19.8 Å². The first-order chi connectivity index (χ1) is 9.18. The van der Waals surface area contributed by atoms with Crippen LogP contribution in [0.2, 0.25) is 5.02 Å². The number of rotatable bonds is 7. The monoisotopic (exact) mass is 295 g/mol. The summed E-state index contributed by atoms with van der Waals surface area (Å²) >= 11 is 8.11. The number of halogens is 1. The third kappa shape index (κ3) is 4.05. The Labute approximate surface area is 123 Å². The van der Waals surface area contributed by atoms with Gasteiger partial charge in [-0.05, 0) is 13.0 Å². The highest BCUT2D eigenvalue weighted by Gasteiger charge is 2.08. The molecule has 0 saturated carbocycles. The maximum absolute atomic E-state index is 6.37. The lowest BCUT2D eigenvalue weighted by Crippen LogP contribution is -2.19. The first kappa shape index (κ1) is 14.5. The van der Waals surface area contributed by atoms with E-state index in [4.69, 9.17) is 16.3 Å². The fourth-order valence-electron chi connectivity index (χ4n) is 1.77. The summed E-state index contributed by atoms with van der Waals surface area (Å²) in [5, 5.41) is 5.36. The second-order valence-corrected chi connectivity index (χ2v) is 6.04. The number of nitrogens with one attached hydrogen (secondary N) is 1. The highest BCUT2D eigenvalue weighted by molar-refractivity contribution is 7.19. The van der Waals surface area contributed by atoms with Crippen molar-refractivity contribution >= 4 is 33.0 Å². The van der Waals surface area contributed by atoms with Gasteiger partial charge in [0.25, 0.3) is 0 Å². The molecule has 4 heteroatoms. The van der Waals surface area contributed by atoms with Crippen LogP contribution in [0.5, 0.6) is 0 Å². The van der Waals surface area contributed by atoms with Gasteiger partial charge in [-0.3, -0.25) is 0 Å². The Balaban J connectivity index is 1.82. The first-order valence-electron chi connectivity index (χ1n) is 6.27. The molecule has 0 amide bonds. The molecule has 0 unspecified atom stereocenters. The molecule has 2 rings (SSSR count). The summed E-state index contributed by atoms with van der Waals surface area (Å²) in [6, 6.07) is 8.22. The predicted octanol–water partition coefficient (Wildman–Crippen LogP) is 4.24. The van der Waals surface area contributed by atoms with Crippen LogP contribution in [-0.4, -0.2) is 19.8 Å². The van der Waals surface area contributed by atoms with Gasteiger partial charge in [0.1, 0.15) is 0 Å². The molecule has 1 heterocycles. The number of fused-ring (bicyclic) bond motifs is 1. The normalized spacial score (nSPS) is 11.1. The molecule has 0 bridgehead atoms. The Kier molecular flexibility index (Phi) is 5.40. The lowest BCUT2D eigenvalue weighted by Gasteiger charge is -2.05. The summed E-state index contributed by atoms with van der Waals surface area (Å²) in [6.07, 6.45) is 0. The molecule has 1 N–H and O–H groups in total. The summed E-state index contributed by atoms with van der Waals surface area (Å²) in [7, 11) is 0. The van der Waals surface area contributed by atoms with E-state index in [1.165, 1.54) is 9.58 Å². The molecule has 1 aromatic heterocycles. The standard InChI is InChI=1S/C15H18ClNOS/c1-11(2)10-18-8-7-17-9-14-15(16)12-5-3-4-6-13(12)19-14/h3-6,17H,1,7-10H2,2H3. The fraction of sp³-hybridized carbons (Fsp3) is 0.333. The van der Waals surface area contributed by atoms with Gasteiger partial charge in [-0.2, -0.15) is 0 Å². The van der Waals surface area contributed by atoms with Gasteiger partial charge in [0.05, 0.1) is 18.2 Å². The molecule has 2 nitrogen and oxygen atoms in total. The number of ether oxygens (including phenoxy) is 1. The van der Waals surface area contributed by atoms with Crippen LogP contribution in [0.25, 0.3) is 10.1 Å². The maximum Gasteiger partial charge on any atom is 0.0672 e. The van der Waals surface area contributed by atoms with Crippen LogP contribution in [0.4, 0.5) is 0 Å². The molecule has 0 radical (unpaired) electrons. The molecule has 0 fully saturated rings. The lowest BCUT2D eigenvalue weighted by atomic mass is 10.2. The minimum Gasteiger partial charge on any atom is -0.376 e. The van der Waals surface area contributed by atoms with E-state index < -0.39 is 0 Å². The zero-order chi connectivity index (χ0) is 13.7. The number of thiophene rings is 1. The Morgan fingerprint density at radius 2 is 2.21 bits per heavy atom. The molecular weight excluding hydrogens is 278 g/mol. The van der Waals surface area contributed by atoms with Crippen molar-refractivity contribution in [1.29, 1.82) is 0 Å². The molecule has 102 valence electrons. The molecule has 0 aliphatic rings. The summed E-state index contributed by atoms with van der Waals surface area (Å²) in [5.74, 6) is 0. The number of benzene rings is 1. The van der Waals surface area contributed by atoms with Crippen molar-refractivity contribution in [2.24, 2.45) is 0 Å². The minimum absolute atomic E-state index is 0.630. The third-order valence-corrected chi connectivity index (χ3v) is 4.37. The average Bonchev–Trinajstić information content (AvgIpc) is 2.71. The topological polar surface area (TPSA) is 21.3 Å². The van der Waals surface area contributed by atoms with E-state index in [-0.39, 0.29) is 0 Å². The van der Waals surface area contributed by atoms with Crippen molar-refractivity contribution in [3.8, 4) is 0 Å². The highest BCUT2D eigenvalue weighted by atomic mass is 35.5. The van der Waals surface area contributed by atoms with Gasteiger partial charge in [-0.1, -0.05) is 42.0 Å². The largest absolute Gasteiger partial charge is 0.376 e. The van der Waals surface area contributed by atoms with Crippen molar-refractivity contribution in [2.45, 2.75) is 13.5 Å². The molecule has 2 aromatic rings. The maximum atomic E-state index is 6.37. The lowest BCUT2D eigenvalue weighted by molar-refractivity contribution is 0.158. The molecule has 1 aromatic carbocycles. The second kappa shape index (κ2) is 7.06. The molecule has 0 atom stereocenters. The number of hydrogen-bond acceptors (Lipinski definition) is 3. The Hall–Kier alpha value is -0.870. The molecule has 0 aliphatic heterocycles. The summed E-state index contributed by atoms with van der Waals surface area (Å²) in [6.45, 7) is 8.68. The highest BCUT2D eigenvalue weighted by Crippen LogP contribution is 2.34. The van der Waals surface area contributed by atoms with Crippen LogP contribution < -0.4 is 5.32 Å². The molecule has 0 saturated heterocycles. The van der Waals surface area contributed by atoms with Gasteiger partial charge >= 0.3 is 0 Å². The average molecular weight is 296 g/mol. The van der Waals surface area contributed by atoms with E-state index in [2.05, 4.69) is 24.0 Å². The van der Waals surface area contributed by atoms with E-state index in [0.717, 1.165) is 29.1 Å². The van der Waals surface area contributed by atoms with E-state index in [9.17, 15) is 0 Å².